The third-order valence-corrected chi connectivity index (χ3v) is 4.04. The molecule has 2 rings (SSSR count). The van der Waals surface area contributed by atoms with Gasteiger partial charge in [-0.25, -0.2) is 9.78 Å². The van der Waals surface area contributed by atoms with E-state index < -0.39 is 6.16 Å². The Morgan fingerprint density at radius 1 is 1.13 bits per heavy atom. The van der Waals surface area contributed by atoms with Crippen LogP contribution in [-0.2, 0) is 11.8 Å². The predicted molar refractivity (Wildman–Crippen MR) is 89.9 cm³/mol. The Balaban J connectivity index is 1.94. The smallest absolute Gasteiger partial charge is 0.449 e. The molecule has 0 aliphatic carbocycles. The normalized spacial score (nSPS) is 11.2. The number of carbonyl (C=O) groups is 1. The maximum Gasteiger partial charge on any atom is 0.512 e. The first-order valence-electron chi connectivity index (χ1n) is 7.89. The molecule has 1 aromatic carbocycles. The third-order valence-electron chi connectivity index (χ3n) is 4.04. The zero-order valence-electron chi connectivity index (χ0n) is 13.7. The highest BCUT2D eigenvalue weighted by Crippen LogP contribution is 2.34. The first-order valence-corrected chi connectivity index (χ1v) is 7.89. The van der Waals surface area contributed by atoms with Gasteiger partial charge in [-0.05, 0) is 36.3 Å². The minimum Gasteiger partial charge on any atom is -0.449 e. The molecule has 0 unspecified atom stereocenters. The SMILES string of the molecule is CC(C)(CCCCc1ccccc1)c1cccnc1OC(=O)O. The zero-order chi connectivity index (χ0) is 16.7. The quantitative estimate of drug-likeness (QED) is 0.587. The molecule has 1 aromatic heterocycles. The van der Waals surface area contributed by atoms with Crippen LogP contribution in [0.1, 0.15) is 44.2 Å². The van der Waals surface area contributed by atoms with Crippen molar-refractivity contribution in [3.63, 3.8) is 0 Å². The lowest BCUT2D eigenvalue weighted by atomic mass is 9.80. The highest BCUT2D eigenvalue weighted by atomic mass is 16.7. The van der Waals surface area contributed by atoms with Gasteiger partial charge in [0.05, 0.1) is 0 Å². The maximum atomic E-state index is 10.8. The molecule has 0 atom stereocenters. The second-order valence-electron chi connectivity index (χ2n) is 6.30. The molecule has 0 aliphatic heterocycles. The van der Waals surface area contributed by atoms with E-state index in [-0.39, 0.29) is 11.3 Å². The Labute approximate surface area is 137 Å². The molecule has 4 nitrogen and oxygen atoms in total. The fraction of sp³-hybridized carbons (Fsp3) is 0.368. The number of ether oxygens (including phenoxy) is 1. The average molecular weight is 313 g/mol. The monoisotopic (exact) mass is 313 g/mol. The standard InChI is InChI=1S/C19H23NO3/c1-19(2,13-7-6-11-15-9-4-3-5-10-15)16-12-8-14-20-17(16)23-18(21)22/h3-5,8-10,12,14H,6-7,11,13H2,1-2H3,(H,21,22). The number of pyridine rings is 1. The van der Waals surface area contributed by atoms with Gasteiger partial charge in [0.15, 0.2) is 0 Å². The van der Waals surface area contributed by atoms with E-state index in [4.69, 9.17) is 9.84 Å². The lowest BCUT2D eigenvalue weighted by molar-refractivity contribution is 0.141. The molecule has 0 fully saturated rings. The highest BCUT2D eigenvalue weighted by Gasteiger charge is 2.25. The summed E-state index contributed by atoms with van der Waals surface area (Å²) in [4.78, 5) is 14.9. The fourth-order valence-corrected chi connectivity index (χ4v) is 2.75. The molecule has 0 amide bonds. The minimum absolute atomic E-state index is 0.185. The number of rotatable bonds is 7. The number of aromatic nitrogens is 1. The van der Waals surface area contributed by atoms with E-state index in [2.05, 4.69) is 43.1 Å². The zero-order valence-corrected chi connectivity index (χ0v) is 13.7. The predicted octanol–water partition coefficient (Wildman–Crippen LogP) is 4.83. The molecule has 0 spiro atoms. The molecular weight excluding hydrogens is 290 g/mol. The Bertz CT molecular complexity index is 638. The molecule has 0 saturated heterocycles. The lowest BCUT2D eigenvalue weighted by Gasteiger charge is -2.26. The van der Waals surface area contributed by atoms with Crippen molar-refractivity contribution in [2.24, 2.45) is 0 Å². The maximum absolute atomic E-state index is 10.8. The van der Waals surface area contributed by atoms with Gasteiger partial charge in [0, 0.05) is 11.8 Å². The molecule has 122 valence electrons. The second-order valence-corrected chi connectivity index (χ2v) is 6.30. The molecule has 2 aromatic rings. The van der Waals surface area contributed by atoms with E-state index in [1.165, 1.54) is 5.56 Å². The number of hydrogen-bond donors (Lipinski definition) is 1. The molecule has 4 heteroatoms. The van der Waals surface area contributed by atoms with E-state index >= 15 is 0 Å². The first kappa shape index (κ1) is 17.0. The summed E-state index contributed by atoms with van der Waals surface area (Å²) in [5.41, 5.74) is 2.00. The molecule has 23 heavy (non-hydrogen) atoms. The van der Waals surface area contributed by atoms with Crippen LogP contribution in [0.5, 0.6) is 5.88 Å². The van der Waals surface area contributed by atoms with E-state index in [1.54, 1.807) is 6.20 Å². The van der Waals surface area contributed by atoms with Crippen molar-refractivity contribution in [3.8, 4) is 5.88 Å². The summed E-state index contributed by atoms with van der Waals surface area (Å²) in [6.45, 7) is 4.20. The van der Waals surface area contributed by atoms with Gasteiger partial charge in [0.1, 0.15) is 0 Å². The van der Waals surface area contributed by atoms with Crippen LogP contribution in [0.2, 0.25) is 0 Å². The van der Waals surface area contributed by atoms with E-state index in [1.807, 2.05) is 18.2 Å². The Hall–Kier alpha value is -2.36. The molecular formula is C19H23NO3. The van der Waals surface area contributed by atoms with Crippen molar-refractivity contribution >= 4 is 6.16 Å². The lowest BCUT2D eigenvalue weighted by Crippen LogP contribution is -2.20. The highest BCUT2D eigenvalue weighted by molar-refractivity contribution is 5.61. The van der Waals surface area contributed by atoms with Gasteiger partial charge in [-0.15, -0.1) is 0 Å². The molecule has 0 radical (unpaired) electrons. The van der Waals surface area contributed by atoms with Crippen molar-refractivity contribution in [1.29, 1.82) is 0 Å². The van der Waals surface area contributed by atoms with Gasteiger partial charge in [-0.1, -0.05) is 56.7 Å². The van der Waals surface area contributed by atoms with Crippen LogP contribution in [0.15, 0.2) is 48.7 Å². The van der Waals surface area contributed by atoms with Crippen LogP contribution in [0.4, 0.5) is 4.79 Å². The van der Waals surface area contributed by atoms with Crippen LogP contribution in [-0.4, -0.2) is 16.2 Å². The number of nitrogens with zero attached hydrogens (tertiary/aromatic N) is 1. The fourth-order valence-electron chi connectivity index (χ4n) is 2.75. The number of hydrogen-bond acceptors (Lipinski definition) is 3. The number of aryl methyl sites for hydroxylation is 1. The van der Waals surface area contributed by atoms with Crippen molar-refractivity contribution in [2.45, 2.75) is 44.9 Å². The summed E-state index contributed by atoms with van der Waals surface area (Å²) in [6, 6.07) is 14.1. The van der Waals surface area contributed by atoms with Crippen LogP contribution in [0.25, 0.3) is 0 Å². The Morgan fingerprint density at radius 3 is 2.57 bits per heavy atom. The summed E-state index contributed by atoms with van der Waals surface area (Å²) in [5, 5.41) is 8.84. The molecule has 1 N–H and O–H groups in total. The van der Waals surface area contributed by atoms with Gasteiger partial charge in [0.2, 0.25) is 5.88 Å². The van der Waals surface area contributed by atoms with Crippen LogP contribution < -0.4 is 4.74 Å². The van der Waals surface area contributed by atoms with Crippen molar-refractivity contribution in [2.75, 3.05) is 0 Å². The van der Waals surface area contributed by atoms with Gasteiger partial charge in [-0.3, -0.25) is 0 Å². The number of benzene rings is 1. The summed E-state index contributed by atoms with van der Waals surface area (Å²) in [7, 11) is 0. The number of carboxylic acid groups (broad SMARTS) is 1. The summed E-state index contributed by atoms with van der Waals surface area (Å²) < 4.78 is 4.81. The van der Waals surface area contributed by atoms with E-state index in [9.17, 15) is 4.79 Å². The average Bonchev–Trinajstić information content (AvgIpc) is 2.52. The van der Waals surface area contributed by atoms with Gasteiger partial charge < -0.3 is 9.84 Å². The van der Waals surface area contributed by atoms with Crippen LogP contribution in [0, 0.1) is 0 Å². The van der Waals surface area contributed by atoms with Gasteiger partial charge in [0.25, 0.3) is 0 Å². The molecule has 1 heterocycles. The molecule has 0 bridgehead atoms. The Kier molecular flexibility index (Phi) is 5.74. The van der Waals surface area contributed by atoms with Crippen molar-refractivity contribution in [1.82, 2.24) is 4.98 Å². The number of unbranched alkanes of at least 4 members (excludes halogenated alkanes) is 1. The van der Waals surface area contributed by atoms with Crippen molar-refractivity contribution in [3.05, 3.63) is 59.8 Å². The largest absolute Gasteiger partial charge is 0.512 e. The Morgan fingerprint density at radius 2 is 1.87 bits per heavy atom. The minimum atomic E-state index is -1.33. The second kappa shape index (κ2) is 7.77. The van der Waals surface area contributed by atoms with Crippen LogP contribution >= 0.6 is 0 Å². The topological polar surface area (TPSA) is 59.4 Å². The van der Waals surface area contributed by atoms with E-state index in [0.717, 1.165) is 31.2 Å². The summed E-state index contributed by atoms with van der Waals surface area (Å²) in [6.07, 6.45) is 4.38. The summed E-state index contributed by atoms with van der Waals surface area (Å²) in [5.74, 6) is 0.188. The van der Waals surface area contributed by atoms with Gasteiger partial charge >= 0.3 is 6.16 Å². The van der Waals surface area contributed by atoms with Gasteiger partial charge in [-0.2, -0.15) is 0 Å². The van der Waals surface area contributed by atoms with Crippen molar-refractivity contribution < 1.29 is 14.6 Å². The first-order chi connectivity index (χ1) is 11.0. The third kappa shape index (κ3) is 5.09. The summed E-state index contributed by atoms with van der Waals surface area (Å²) >= 11 is 0. The molecule has 0 saturated carbocycles. The molecule has 0 aliphatic rings. The van der Waals surface area contributed by atoms with E-state index in [0.29, 0.717) is 0 Å². The van der Waals surface area contributed by atoms with Crippen LogP contribution in [0.3, 0.4) is 0 Å².